The molecular weight excluding hydrogens is 339 g/mol. The van der Waals surface area contributed by atoms with Gasteiger partial charge in [0.25, 0.3) is 0 Å². The molecule has 1 fully saturated rings. The quantitative estimate of drug-likeness (QED) is 0.664. The molecule has 2 aromatic heterocycles. The summed E-state index contributed by atoms with van der Waals surface area (Å²) in [6.45, 7) is 4.48. The molecule has 4 nitrogen and oxygen atoms in total. The summed E-state index contributed by atoms with van der Waals surface area (Å²) in [5.41, 5.74) is 5.07. The number of rotatable bonds is 2. The van der Waals surface area contributed by atoms with E-state index in [-0.39, 0.29) is 5.82 Å². The van der Waals surface area contributed by atoms with Gasteiger partial charge in [-0.15, -0.1) is 0 Å². The Morgan fingerprint density at radius 3 is 2.85 bits per heavy atom. The molecule has 0 saturated carbocycles. The lowest BCUT2D eigenvalue weighted by Crippen LogP contribution is -2.37. The molecule has 0 radical (unpaired) electrons. The highest BCUT2D eigenvalue weighted by molar-refractivity contribution is 5.67. The Morgan fingerprint density at radius 2 is 2.00 bits per heavy atom. The zero-order valence-corrected chi connectivity index (χ0v) is 15.8. The first-order valence-electron chi connectivity index (χ1n) is 10.1. The Labute approximate surface area is 159 Å². The molecule has 1 aliphatic carbocycles. The van der Waals surface area contributed by atoms with Crippen molar-refractivity contribution in [3.05, 3.63) is 47.4 Å². The van der Waals surface area contributed by atoms with Gasteiger partial charge in [-0.1, -0.05) is 19.1 Å². The molecule has 0 spiro atoms. The summed E-state index contributed by atoms with van der Waals surface area (Å²) in [5.74, 6) is 1.69. The molecule has 0 N–H and O–H groups in total. The van der Waals surface area contributed by atoms with Gasteiger partial charge < -0.3 is 4.90 Å². The number of anilines is 1. The second-order valence-electron chi connectivity index (χ2n) is 8.07. The van der Waals surface area contributed by atoms with Crippen LogP contribution in [0, 0.1) is 11.7 Å². The van der Waals surface area contributed by atoms with Crippen LogP contribution in [0.15, 0.2) is 30.3 Å². The number of nitrogens with zero attached hydrogens (tertiary/aromatic N) is 4. The fourth-order valence-corrected chi connectivity index (χ4v) is 4.62. The fourth-order valence-electron chi connectivity index (χ4n) is 4.62. The van der Waals surface area contributed by atoms with Gasteiger partial charge in [-0.2, -0.15) is 9.61 Å². The van der Waals surface area contributed by atoms with E-state index in [1.807, 2.05) is 16.6 Å². The molecule has 1 saturated heterocycles. The minimum Gasteiger partial charge on any atom is -0.356 e. The van der Waals surface area contributed by atoms with Gasteiger partial charge in [-0.3, -0.25) is 0 Å². The standard InChI is InChI=1S/C22H25FN4/c1-15-6-5-11-26(14-15)22-18-9-2-3-10-19(18)24-21-13-20(25-27(21)22)16-7-4-8-17(23)12-16/h4,7-8,12-13,15H,2-3,5-6,9-11,14H2,1H3/t15-/m1/s1. The summed E-state index contributed by atoms with van der Waals surface area (Å²) in [6, 6.07) is 8.66. The molecule has 5 rings (SSSR count). The highest BCUT2D eigenvalue weighted by Gasteiger charge is 2.26. The Hall–Kier alpha value is -2.43. The highest BCUT2D eigenvalue weighted by Crippen LogP contribution is 2.34. The van der Waals surface area contributed by atoms with Crippen LogP contribution in [0.2, 0.25) is 0 Å². The predicted octanol–water partition coefficient (Wildman–Crippen LogP) is 4.65. The van der Waals surface area contributed by atoms with Gasteiger partial charge in [0.15, 0.2) is 5.65 Å². The number of hydrogen-bond acceptors (Lipinski definition) is 3. The molecule has 0 unspecified atom stereocenters. The van der Waals surface area contributed by atoms with Gasteiger partial charge in [0.05, 0.1) is 5.69 Å². The van der Waals surface area contributed by atoms with Crippen LogP contribution in [0.4, 0.5) is 10.2 Å². The lowest BCUT2D eigenvalue weighted by atomic mass is 9.94. The van der Waals surface area contributed by atoms with E-state index in [1.54, 1.807) is 12.1 Å². The zero-order chi connectivity index (χ0) is 18.4. The average molecular weight is 364 g/mol. The molecule has 1 atom stereocenters. The van der Waals surface area contributed by atoms with E-state index in [0.29, 0.717) is 5.92 Å². The topological polar surface area (TPSA) is 33.4 Å². The minimum atomic E-state index is -0.234. The summed E-state index contributed by atoms with van der Waals surface area (Å²) < 4.78 is 15.7. The molecule has 5 heteroatoms. The maximum Gasteiger partial charge on any atom is 0.158 e. The van der Waals surface area contributed by atoms with E-state index < -0.39 is 0 Å². The van der Waals surface area contributed by atoms with Crippen molar-refractivity contribution in [3.8, 4) is 11.3 Å². The number of benzene rings is 1. The van der Waals surface area contributed by atoms with Crippen LogP contribution in [0.3, 0.4) is 0 Å². The Kier molecular flexibility index (Phi) is 4.10. The first-order chi connectivity index (χ1) is 13.2. The van der Waals surface area contributed by atoms with Gasteiger partial charge in [0.2, 0.25) is 0 Å². The number of halogens is 1. The van der Waals surface area contributed by atoms with Crippen molar-refractivity contribution in [1.29, 1.82) is 0 Å². The van der Waals surface area contributed by atoms with Gasteiger partial charge in [-0.25, -0.2) is 9.37 Å². The number of hydrogen-bond donors (Lipinski definition) is 0. The minimum absolute atomic E-state index is 0.234. The van der Waals surface area contributed by atoms with Crippen molar-refractivity contribution >= 4 is 11.5 Å². The maximum atomic E-state index is 13.7. The lowest BCUT2D eigenvalue weighted by Gasteiger charge is -2.35. The fraction of sp³-hybridized carbons (Fsp3) is 0.455. The van der Waals surface area contributed by atoms with Gasteiger partial charge in [-0.05, 0) is 56.6 Å². The number of fused-ring (bicyclic) bond motifs is 2. The molecule has 0 bridgehead atoms. The van der Waals surface area contributed by atoms with Crippen molar-refractivity contribution in [2.45, 2.75) is 45.4 Å². The van der Waals surface area contributed by atoms with Crippen molar-refractivity contribution in [3.63, 3.8) is 0 Å². The summed E-state index contributed by atoms with van der Waals surface area (Å²) in [4.78, 5) is 7.45. The van der Waals surface area contributed by atoms with Crippen LogP contribution in [0.5, 0.6) is 0 Å². The molecule has 1 aliphatic heterocycles. The molecule has 1 aromatic carbocycles. The van der Waals surface area contributed by atoms with Crippen LogP contribution < -0.4 is 4.90 Å². The Balaban J connectivity index is 1.70. The normalized spacial score (nSPS) is 20.1. The molecule has 140 valence electrons. The van der Waals surface area contributed by atoms with Crippen molar-refractivity contribution in [1.82, 2.24) is 14.6 Å². The molecule has 3 heterocycles. The first kappa shape index (κ1) is 16.7. The van der Waals surface area contributed by atoms with Crippen molar-refractivity contribution < 1.29 is 4.39 Å². The average Bonchev–Trinajstić information content (AvgIpc) is 3.09. The predicted molar refractivity (Wildman–Crippen MR) is 106 cm³/mol. The van der Waals surface area contributed by atoms with E-state index in [0.717, 1.165) is 42.8 Å². The van der Waals surface area contributed by atoms with Crippen LogP contribution >= 0.6 is 0 Å². The van der Waals surface area contributed by atoms with Crippen LogP contribution in [0.25, 0.3) is 16.9 Å². The van der Waals surface area contributed by atoms with Gasteiger partial charge in [0.1, 0.15) is 11.6 Å². The van der Waals surface area contributed by atoms with E-state index in [9.17, 15) is 4.39 Å². The Morgan fingerprint density at radius 1 is 1.11 bits per heavy atom. The maximum absolute atomic E-state index is 13.7. The van der Waals surface area contributed by atoms with Gasteiger partial charge >= 0.3 is 0 Å². The molecule has 27 heavy (non-hydrogen) atoms. The summed E-state index contributed by atoms with van der Waals surface area (Å²) in [7, 11) is 0. The largest absolute Gasteiger partial charge is 0.356 e. The van der Waals surface area contributed by atoms with Crippen LogP contribution in [-0.2, 0) is 12.8 Å². The zero-order valence-electron chi connectivity index (χ0n) is 15.8. The van der Waals surface area contributed by atoms with E-state index >= 15 is 0 Å². The SMILES string of the molecule is C[C@@H]1CCCN(c2c3c(nc4cc(-c5cccc(F)c5)nn24)CCCC3)C1. The number of aromatic nitrogens is 3. The number of piperidine rings is 1. The number of aryl methyl sites for hydroxylation is 1. The summed E-state index contributed by atoms with van der Waals surface area (Å²) in [5, 5.41) is 4.88. The molecular formula is C22H25FN4. The molecule has 0 amide bonds. The third-order valence-electron chi connectivity index (χ3n) is 5.93. The molecule has 3 aromatic rings. The third kappa shape index (κ3) is 2.99. The highest BCUT2D eigenvalue weighted by atomic mass is 19.1. The van der Waals surface area contributed by atoms with Crippen molar-refractivity contribution in [2.24, 2.45) is 5.92 Å². The second-order valence-corrected chi connectivity index (χ2v) is 8.07. The smallest absolute Gasteiger partial charge is 0.158 e. The van der Waals surface area contributed by atoms with Gasteiger partial charge in [0, 0.05) is 36.0 Å². The van der Waals surface area contributed by atoms with Crippen molar-refractivity contribution in [2.75, 3.05) is 18.0 Å². The monoisotopic (exact) mass is 364 g/mol. The summed E-state index contributed by atoms with van der Waals surface area (Å²) in [6.07, 6.45) is 7.06. The van der Waals surface area contributed by atoms with E-state index in [2.05, 4.69) is 11.8 Å². The second kappa shape index (κ2) is 6.63. The lowest BCUT2D eigenvalue weighted by molar-refractivity contribution is 0.440. The van der Waals surface area contributed by atoms with Crippen LogP contribution in [0.1, 0.15) is 43.9 Å². The van der Waals surface area contributed by atoms with E-state index in [1.165, 1.54) is 48.8 Å². The molecule has 2 aliphatic rings. The third-order valence-corrected chi connectivity index (χ3v) is 5.93. The van der Waals surface area contributed by atoms with E-state index in [4.69, 9.17) is 10.1 Å². The summed E-state index contributed by atoms with van der Waals surface area (Å²) >= 11 is 0. The first-order valence-corrected chi connectivity index (χ1v) is 10.1. The Bertz CT molecular complexity index is 993. The van der Waals surface area contributed by atoms with Crippen LogP contribution in [-0.4, -0.2) is 27.7 Å².